The van der Waals surface area contributed by atoms with Crippen LogP contribution in [0.25, 0.3) is 0 Å². The Bertz CT molecular complexity index is 963. The summed E-state index contributed by atoms with van der Waals surface area (Å²) in [6, 6.07) is 7.10. The molecule has 2 rings (SSSR count). The first kappa shape index (κ1) is 20.6. The Morgan fingerprint density at radius 1 is 1.15 bits per heavy atom. The predicted molar refractivity (Wildman–Crippen MR) is 101 cm³/mol. The van der Waals surface area contributed by atoms with E-state index in [1.165, 1.54) is 31.4 Å². The van der Waals surface area contributed by atoms with Gasteiger partial charge in [0, 0.05) is 5.02 Å². The fourth-order valence-corrected chi connectivity index (χ4v) is 4.74. The first-order valence-electron chi connectivity index (χ1n) is 7.13. The van der Waals surface area contributed by atoms with Gasteiger partial charge in [0.15, 0.2) is 0 Å². The second-order valence-corrected chi connectivity index (χ2v) is 8.18. The number of methoxy groups -OCH3 is 1. The maximum absolute atomic E-state index is 13.1. The highest BCUT2D eigenvalue weighted by atomic mass is 35.5. The number of carboxylic acids is 1. The van der Waals surface area contributed by atoms with E-state index in [-0.39, 0.29) is 26.4 Å². The van der Waals surface area contributed by atoms with Gasteiger partial charge in [0.05, 0.1) is 17.8 Å². The predicted octanol–water partition coefficient (Wildman–Crippen LogP) is 4.24. The minimum Gasteiger partial charge on any atom is -0.495 e. The van der Waals surface area contributed by atoms with Gasteiger partial charge in [-0.2, -0.15) is 0 Å². The van der Waals surface area contributed by atoms with Crippen LogP contribution in [0.2, 0.25) is 15.1 Å². The molecular weight excluding hydrogens is 425 g/mol. The van der Waals surface area contributed by atoms with Gasteiger partial charge in [-0.25, -0.2) is 8.42 Å². The quantitative estimate of drug-likeness (QED) is 0.729. The number of carbonyl (C=O) groups is 1. The van der Waals surface area contributed by atoms with Crippen molar-refractivity contribution in [1.29, 1.82) is 0 Å². The Kier molecular flexibility index (Phi) is 6.29. The summed E-state index contributed by atoms with van der Waals surface area (Å²) in [5.74, 6) is -1.15. The van der Waals surface area contributed by atoms with Crippen molar-refractivity contribution in [3.63, 3.8) is 0 Å². The van der Waals surface area contributed by atoms with Crippen molar-refractivity contribution in [2.75, 3.05) is 18.0 Å². The fourth-order valence-electron chi connectivity index (χ4n) is 2.28. The minimum absolute atomic E-state index is 0.0895. The summed E-state index contributed by atoms with van der Waals surface area (Å²) in [4.78, 5) is 10.9. The summed E-state index contributed by atoms with van der Waals surface area (Å²) >= 11 is 18.2. The molecule has 0 amide bonds. The van der Waals surface area contributed by atoms with E-state index in [4.69, 9.17) is 39.5 Å². The maximum atomic E-state index is 13.1. The number of aliphatic carboxylic acids is 1. The van der Waals surface area contributed by atoms with Gasteiger partial charge in [0.25, 0.3) is 10.0 Å². The largest absolute Gasteiger partial charge is 0.495 e. The van der Waals surface area contributed by atoms with Crippen LogP contribution in [0.15, 0.2) is 35.2 Å². The first-order chi connectivity index (χ1) is 12.1. The molecule has 0 saturated carbocycles. The van der Waals surface area contributed by atoms with Crippen molar-refractivity contribution in [2.45, 2.75) is 11.8 Å². The molecule has 0 aliphatic heterocycles. The van der Waals surface area contributed by atoms with Crippen LogP contribution < -0.4 is 9.04 Å². The number of halogens is 3. The van der Waals surface area contributed by atoms with E-state index in [0.29, 0.717) is 10.6 Å². The van der Waals surface area contributed by atoms with E-state index in [1.54, 1.807) is 13.0 Å². The molecule has 0 aromatic heterocycles. The highest BCUT2D eigenvalue weighted by molar-refractivity contribution is 7.93. The fraction of sp³-hybridized carbons (Fsp3) is 0.188. The van der Waals surface area contributed by atoms with Crippen molar-refractivity contribution in [1.82, 2.24) is 0 Å². The number of ether oxygens (including phenoxy) is 1. The van der Waals surface area contributed by atoms with Crippen LogP contribution in [-0.4, -0.2) is 33.1 Å². The summed E-state index contributed by atoms with van der Waals surface area (Å²) in [5.41, 5.74) is 0.539. The number of hydrogen-bond acceptors (Lipinski definition) is 4. The lowest BCUT2D eigenvalue weighted by Gasteiger charge is -2.25. The lowest BCUT2D eigenvalue weighted by Crippen LogP contribution is -2.36. The lowest BCUT2D eigenvalue weighted by atomic mass is 10.2. The summed E-state index contributed by atoms with van der Waals surface area (Å²) in [5, 5.41) is 9.15. The van der Waals surface area contributed by atoms with Gasteiger partial charge in [0.2, 0.25) is 0 Å². The topological polar surface area (TPSA) is 83.9 Å². The van der Waals surface area contributed by atoms with Crippen molar-refractivity contribution in [2.24, 2.45) is 0 Å². The van der Waals surface area contributed by atoms with Crippen molar-refractivity contribution in [3.8, 4) is 5.75 Å². The number of nitrogens with zero attached hydrogens (tertiary/aromatic N) is 1. The number of hydrogen-bond donors (Lipinski definition) is 1. The molecule has 2 aromatic rings. The van der Waals surface area contributed by atoms with Crippen molar-refractivity contribution < 1.29 is 23.1 Å². The van der Waals surface area contributed by atoms with Gasteiger partial charge in [0.1, 0.15) is 22.2 Å². The van der Waals surface area contributed by atoms with Crippen LogP contribution in [-0.2, 0) is 14.8 Å². The second-order valence-electron chi connectivity index (χ2n) is 5.18. The smallest absolute Gasteiger partial charge is 0.324 e. The zero-order valence-electron chi connectivity index (χ0n) is 13.7. The molecule has 6 nitrogen and oxygen atoms in total. The number of anilines is 1. The molecule has 10 heteroatoms. The van der Waals surface area contributed by atoms with Crippen LogP contribution in [0.3, 0.4) is 0 Å². The summed E-state index contributed by atoms with van der Waals surface area (Å²) in [6.45, 7) is 0.772. The highest BCUT2D eigenvalue weighted by Crippen LogP contribution is 2.39. The van der Waals surface area contributed by atoms with E-state index < -0.39 is 22.5 Å². The van der Waals surface area contributed by atoms with E-state index in [2.05, 4.69) is 0 Å². The number of sulfonamides is 1. The van der Waals surface area contributed by atoms with Crippen molar-refractivity contribution in [3.05, 3.63) is 51.0 Å². The van der Waals surface area contributed by atoms with E-state index in [0.717, 1.165) is 4.31 Å². The molecule has 0 spiro atoms. The van der Waals surface area contributed by atoms with Gasteiger partial charge in [-0.05, 0) is 36.8 Å². The Morgan fingerprint density at radius 2 is 1.81 bits per heavy atom. The normalized spacial score (nSPS) is 11.3. The van der Waals surface area contributed by atoms with Crippen LogP contribution in [0, 0.1) is 6.92 Å². The zero-order chi connectivity index (χ0) is 19.6. The van der Waals surface area contributed by atoms with Crippen molar-refractivity contribution >= 4 is 56.5 Å². The molecule has 26 heavy (non-hydrogen) atoms. The molecule has 0 fully saturated rings. The molecule has 140 valence electrons. The molecule has 0 bridgehead atoms. The maximum Gasteiger partial charge on any atom is 0.324 e. The highest BCUT2D eigenvalue weighted by Gasteiger charge is 2.31. The number of benzene rings is 2. The van der Waals surface area contributed by atoms with Crippen LogP contribution >= 0.6 is 34.8 Å². The zero-order valence-corrected chi connectivity index (χ0v) is 16.7. The number of carboxylic acid groups (broad SMARTS) is 1. The van der Waals surface area contributed by atoms with Gasteiger partial charge in [-0.1, -0.05) is 40.9 Å². The van der Waals surface area contributed by atoms with E-state index in [1.807, 2.05) is 0 Å². The average molecular weight is 439 g/mol. The van der Waals surface area contributed by atoms with Gasteiger partial charge in [-0.3, -0.25) is 9.10 Å². The summed E-state index contributed by atoms with van der Waals surface area (Å²) < 4.78 is 32.0. The van der Waals surface area contributed by atoms with Gasteiger partial charge < -0.3 is 9.84 Å². The summed E-state index contributed by atoms with van der Waals surface area (Å²) in [7, 11) is -2.99. The van der Waals surface area contributed by atoms with Crippen LogP contribution in [0.1, 0.15) is 5.56 Å². The van der Waals surface area contributed by atoms with Crippen LogP contribution in [0.5, 0.6) is 5.75 Å². The van der Waals surface area contributed by atoms with Crippen LogP contribution in [0.4, 0.5) is 5.69 Å². The molecule has 0 unspecified atom stereocenters. The third-order valence-electron chi connectivity index (χ3n) is 3.59. The molecule has 0 aliphatic rings. The first-order valence-corrected chi connectivity index (χ1v) is 9.70. The molecule has 0 atom stereocenters. The molecule has 0 heterocycles. The SMILES string of the molecule is COc1ccc(S(=O)(=O)N(CC(=O)O)c2cccc(Cl)c2C)c(Cl)c1Cl. The molecular formula is C16H14Cl3NO5S. The second kappa shape index (κ2) is 7.92. The molecule has 0 radical (unpaired) electrons. The third-order valence-corrected chi connectivity index (χ3v) is 6.77. The minimum atomic E-state index is -4.34. The standard InChI is InChI=1S/C16H14Cl3NO5S/c1-9-10(17)4-3-5-11(9)20(8-14(21)22)26(23,24)13-7-6-12(25-2)15(18)16(13)19/h3-7H,8H2,1-2H3,(H,21,22). The molecule has 1 N–H and O–H groups in total. The average Bonchev–Trinajstić information content (AvgIpc) is 2.57. The lowest BCUT2D eigenvalue weighted by molar-refractivity contribution is -0.135. The Hall–Kier alpha value is -1.67. The molecule has 0 saturated heterocycles. The Balaban J connectivity index is 2.70. The van der Waals surface area contributed by atoms with Gasteiger partial charge >= 0.3 is 5.97 Å². The van der Waals surface area contributed by atoms with E-state index >= 15 is 0 Å². The molecule has 0 aliphatic carbocycles. The molecule has 2 aromatic carbocycles. The third kappa shape index (κ3) is 3.86. The van der Waals surface area contributed by atoms with E-state index in [9.17, 15) is 18.3 Å². The van der Waals surface area contributed by atoms with Gasteiger partial charge in [-0.15, -0.1) is 0 Å². The summed E-state index contributed by atoms with van der Waals surface area (Å²) in [6.07, 6.45) is 0. The Labute approximate surface area is 165 Å². The number of rotatable bonds is 6. The monoisotopic (exact) mass is 437 g/mol. The Morgan fingerprint density at radius 3 is 2.38 bits per heavy atom.